The first-order chi connectivity index (χ1) is 16.0. The molecule has 0 N–H and O–H groups in total. The molecule has 0 atom stereocenters. The Hall–Kier alpha value is -2.76. The third kappa shape index (κ3) is 5.98. The number of benzene rings is 2. The van der Waals surface area contributed by atoms with E-state index in [1.54, 1.807) is 24.3 Å². The summed E-state index contributed by atoms with van der Waals surface area (Å²) in [6.07, 6.45) is 4.26. The van der Waals surface area contributed by atoms with Gasteiger partial charge in [0.05, 0.1) is 5.57 Å². The van der Waals surface area contributed by atoms with E-state index in [0.29, 0.717) is 48.5 Å². The second-order valence-electron chi connectivity index (χ2n) is 8.76. The third-order valence-corrected chi connectivity index (χ3v) is 6.76. The van der Waals surface area contributed by atoms with Crippen molar-refractivity contribution in [1.29, 1.82) is 0 Å². The summed E-state index contributed by atoms with van der Waals surface area (Å²) >= 11 is 5.91. The zero-order valence-corrected chi connectivity index (χ0v) is 19.5. The number of carbonyl (C=O) groups excluding carboxylic acids is 3. The Morgan fingerprint density at radius 3 is 2.18 bits per heavy atom. The predicted molar refractivity (Wildman–Crippen MR) is 130 cm³/mol. The molecule has 0 aromatic heterocycles. The molecule has 2 aromatic carbocycles. The lowest BCUT2D eigenvalue weighted by Gasteiger charge is -2.34. The monoisotopic (exact) mass is 464 g/mol. The Balaban J connectivity index is 1.20. The van der Waals surface area contributed by atoms with Crippen LogP contribution in [0.25, 0.3) is 0 Å². The number of Topliss-reactive ketones (excluding diaryl/α,β-unsaturated/α-hetero) is 2. The van der Waals surface area contributed by atoms with Crippen molar-refractivity contribution in [2.75, 3.05) is 32.7 Å². The van der Waals surface area contributed by atoms with Gasteiger partial charge in [0, 0.05) is 49.6 Å². The number of nitrogens with zero attached hydrogens (tertiary/aromatic N) is 2. The second-order valence-corrected chi connectivity index (χ2v) is 9.20. The summed E-state index contributed by atoms with van der Waals surface area (Å²) in [5.74, 6) is -0.0294. The minimum atomic E-state index is -0.0329. The van der Waals surface area contributed by atoms with E-state index in [0.717, 1.165) is 31.6 Å². The van der Waals surface area contributed by atoms with E-state index in [4.69, 9.17) is 11.6 Å². The molecule has 2 aliphatic rings. The summed E-state index contributed by atoms with van der Waals surface area (Å²) in [5.41, 5.74) is 2.11. The molecule has 1 saturated carbocycles. The number of allylic oxidation sites excluding steroid dienone is 2. The van der Waals surface area contributed by atoms with Crippen LogP contribution in [-0.2, 0) is 9.59 Å². The zero-order chi connectivity index (χ0) is 23.2. The van der Waals surface area contributed by atoms with Crippen LogP contribution in [0, 0.1) is 0 Å². The van der Waals surface area contributed by atoms with Crippen molar-refractivity contribution in [2.45, 2.75) is 31.6 Å². The smallest absolute Gasteiger partial charge is 0.253 e. The molecule has 1 saturated heterocycles. The fourth-order valence-electron chi connectivity index (χ4n) is 4.59. The number of piperazine rings is 1. The van der Waals surface area contributed by atoms with Crippen molar-refractivity contribution in [3.63, 3.8) is 0 Å². The number of hydrogen-bond donors (Lipinski definition) is 0. The molecule has 1 aliphatic carbocycles. The van der Waals surface area contributed by atoms with Gasteiger partial charge in [-0.3, -0.25) is 19.3 Å². The van der Waals surface area contributed by atoms with Gasteiger partial charge in [-0.05, 0) is 55.1 Å². The Labute approximate surface area is 200 Å². The molecule has 2 fully saturated rings. The fourth-order valence-corrected chi connectivity index (χ4v) is 4.72. The Morgan fingerprint density at radius 2 is 1.55 bits per heavy atom. The average Bonchev–Trinajstić information content (AvgIpc) is 2.84. The van der Waals surface area contributed by atoms with Crippen LogP contribution in [0.5, 0.6) is 0 Å². The molecule has 0 spiro atoms. The second kappa shape index (κ2) is 10.9. The topological polar surface area (TPSA) is 57.7 Å². The lowest BCUT2D eigenvalue weighted by molar-refractivity contribution is -0.124. The number of amides is 1. The van der Waals surface area contributed by atoms with E-state index < -0.39 is 0 Å². The van der Waals surface area contributed by atoms with Crippen molar-refractivity contribution in [1.82, 2.24) is 9.80 Å². The largest absolute Gasteiger partial charge is 0.336 e. The summed E-state index contributed by atoms with van der Waals surface area (Å²) in [6, 6.07) is 16.8. The maximum atomic E-state index is 12.6. The van der Waals surface area contributed by atoms with Gasteiger partial charge in [0.25, 0.3) is 5.91 Å². The van der Waals surface area contributed by atoms with Crippen LogP contribution in [0.15, 0.2) is 66.2 Å². The number of rotatable bonds is 6. The number of hydrogen-bond acceptors (Lipinski definition) is 4. The molecular weight excluding hydrogens is 436 g/mol. The maximum Gasteiger partial charge on any atom is 0.253 e. The Kier molecular flexibility index (Phi) is 7.73. The van der Waals surface area contributed by atoms with E-state index in [1.165, 1.54) is 0 Å². The van der Waals surface area contributed by atoms with Crippen LogP contribution in [0.2, 0.25) is 5.02 Å². The van der Waals surface area contributed by atoms with Crippen molar-refractivity contribution in [3.05, 3.63) is 82.4 Å². The van der Waals surface area contributed by atoms with Crippen molar-refractivity contribution < 1.29 is 14.4 Å². The van der Waals surface area contributed by atoms with Gasteiger partial charge >= 0.3 is 0 Å². The molecule has 5 nitrogen and oxygen atoms in total. The number of carbonyl (C=O) groups is 3. The van der Waals surface area contributed by atoms with Crippen LogP contribution in [0.3, 0.4) is 0 Å². The van der Waals surface area contributed by atoms with E-state index >= 15 is 0 Å². The van der Waals surface area contributed by atoms with Crippen molar-refractivity contribution in [3.8, 4) is 0 Å². The number of unbranched alkanes of at least 4 members (excludes halogenated alkanes) is 1. The quantitative estimate of drug-likeness (QED) is 0.358. The summed E-state index contributed by atoms with van der Waals surface area (Å²) in [7, 11) is 0. The van der Waals surface area contributed by atoms with Crippen LogP contribution in [0.4, 0.5) is 0 Å². The van der Waals surface area contributed by atoms with Gasteiger partial charge in [-0.25, -0.2) is 0 Å². The molecule has 1 heterocycles. The minimum Gasteiger partial charge on any atom is -0.336 e. The third-order valence-electron chi connectivity index (χ3n) is 6.51. The van der Waals surface area contributed by atoms with Crippen molar-refractivity contribution >= 4 is 29.1 Å². The number of halogens is 1. The SMILES string of the molecule is O=C1CC(c2ccccc2)CC(=O)C1=CCCCN1CCN(C(=O)c2ccc(Cl)cc2)CC1. The van der Waals surface area contributed by atoms with Gasteiger partial charge in [0.2, 0.25) is 0 Å². The van der Waals surface area contributed by atoms with E-state index in [9.17, 15) is 14.4 Å². The van der Waals surface area contributed by atoms with E-state index in [-0.39, 0.29) is 23.4 Å². The highest BCUT2D eigenvalue weighted by Crippen LogP contribution is 2.31. The lowest BCUT2D eigenvalue weighted by atomic mass is 9.79. The lowest BCUT2D eigenvalue weighted by Crippen LogP contribution is -2.48. The van der Waals surface area contributed by atoms with E-state index in [2.05, 4.69) is 4.90 Å². The standard InChI is InChI=1S/C27H29ClN2O3/c28-23-11-9-21(10-12-23)27(33)30-16-14-29(15-17-30)13-5-4-8-24-25(31)18-22(19-26(24)32)20-6-2-1-3-7-20/h1-3,6-12,22H,4-5,13-19H2. The summed E-state index contributed by atoms with van der Waals surface area (Å²) < 4.78 is 0. The normalized spacial score (nSPS) is 19.6. The summed E-state index contributed by atoms with van der Waals surface area (Å²) in [4.78, 5) is 42.0. The highest BCUT2D eigenvalue weighted by molar-refractivity contribution is 6.30. The molecular formula is C27H29ClN2O3. The molecule has 172 valence electrons. The number of ketones is 2. The predicted octanol–water partition coefficient (Wildman–Crippen LogP) is 4.52. The molecule has 2 aromatic rings. The Bertz CT molecular complexity index is 1010. The highest BCUT2D eigenvalue weighted by Gasteiger charge is 2.31. The molecule has 0 radical (unpaired) electrons. The molecule has 4 rings (SSSR count). The van der Waals surface area contributed by atoms with Gasteiger partial charge in [-0.1, -0.05) is 48.0 Å². The zero-order valence-electron chi connectivity index (χ0n) is 18.7. The van der Waals surface area contributed by atoms with Crippen LogP contribution in [0.1, 0.15) is 47.5 Å². The van der Waals surface area contributed by atoms with E-state index in [1.807, 2.05) is 41.3 Å². The minimum absolute atomic E-state index is 0.00442. The molecule has 1 aliphatic heterocycles. The first kappa shape index (κ1) is 23.4. The summed E-state index contributed by atoms with van der Waals surface area (Å²) in [6.45, 7) is 3.93. The van der Waals surface area contributed by atoms with Gasteiger partial charge < -0.3 is 4.90 Å². The molecule has 1 amide bonds. The van der Waals surface area contributed by atoms with Gasteiger partial charge in [-0.2, -0.15) is 0 Å². The molecule has 33 heavy (non-hydrogen) atoms. The first-order valence-electron chi connectivity index (χ1n) is 11.6. The summed E-state index contributed by atoms with van der Waals surface area (Å²) in [5, 5.41) is 0.624. The highest BCUT2D eigenvalue weighted by atomic mass is 35.5. The van der Waals surface area contributed by atoms with Gasteiger partial charge in [-0.15, -0.1) is 0 Å². The molecule has 6 heteroatoms. The molecule has 0 unspecified atom stereocenters. The first-order valence-corrected chi connectivity index (χ1v) is 12.0. The van der Waals surface area contributed by atoms with Crippen LogP contribution in [-0.4, -0.2) is 60.0 Å². The van der Waals surface area contributed by atoms with Crippen LogP contribution < -0.4 is 0 Å². The van der Waals surface area contributed by atoms with Crippen molar-refractivity contribution in [2.24, 2.45) is 0 Å². The molecule has 0 bridgehead atoms. The fraction of sp³-hybridized carbons (Fsp3) is 0.370. The average molecular weight is 465 g/mol. The van der Waals surface area contributed by atoms with Gasteiger partial charge in [0.1, 0.15) is 0 Å². The van der Waals surface area contributed by atoms with Gasteiger partial charge in [0.15, 0.2) is 11.6 Å². The maximum absolute atomic E-state index is 12.6. The Morgan fingerprint density at radius 1 is 0.909 bits per heavy atom. The van der Waals surface area contributed by atoms with Crippen LogP contribution >= 0.6 is 11.6 Å².